The van der Waals surface area contributed by atoms with Gasteiger partial charge in [-0.3, -0.25) is 9.69 Å². The summed E-state index contributed by atoms with van der Waals surface area (Å²) in [5.74, 6) is 0.804. The van der Waals surface area contributed by atoms with Crippen LogP contribution in [0.3, 0.4) is 0 Å². The molecule has 0 atom stereocenters. The molecule has 118 valence electrons. The summed E-state index contributed by atoms with van der Waals surface area (Å²) in [4.78, 5) is 14.1. The van der Waals surface area contributed by atoms with Gasteiger partial charge in [0.05, 0.1) is 5.69 Å². The van der Waals surface area contributed by atoms with Crippen molar-refractivity contribution in [1.82, 2.24) is 0 Å². The molecule has 3 aromatic rings. The van der Waals surface area contributed by atoms with E-state index in [1.165, 1.54) is 0 Å². The normalized spacial score (nSPS) is 13.3. The van der Waals surface area contributed by atoms with Crippen LogP contribution < -0.4 is 9.64 Å². The predicted molar refractivity (Wildman–Crippen MR) is 92.6 cm³/mol. The van der Waals surface area contributed by atoms with Crippen molar-refractivity contribution >= 4 is 17.3 Å². The largest absolute Gasteiger partial charge is 0.508 e. The number of carbonyl (C=O) groups excluding carboxylic acids is 1. The van der Waals surface area contributed by atoms with E-state index in [9.17, 15) is 9.90 Å². The summed E-state index contributed by atoms with van der Waals surface area (Å²) in [7, 11) is 0. The SMILES string of the molecule is O=C1COc2ccc(-c3ccc(O)cc3)cc2N1c1ccccc1. The molecule has 1 N–H and O–H groups in total. The zero-order chi connectivity index (χ0) is 16.5. The molecular formula is C20H15NO3. The van der Waals surface area contributed by atoms with Gasteiger partial charge in [-0.1, -0.05) is 36.4 Å². The minimum atomic E-state index is -0.100. The third-order valence-corrected chi connectivity index (χ3v) is 4.02. The van der Waals surface area contributed by atoms with Crippen molar-refractivity contribution in [2.24, 2.45) is 0 Å². The molecule has 0 saturated carbocycles. The van der Waals surface area contributed by atoms with E-state index in [1.807, 2.05) is 60.7 Å². The average Bonchev–Trinajstić information content (AvgIpc) is 2.62. The molecule has 1 aliphatic heterocycles. The van der Waals surface area contributed by atoms with Gasteiger partial charge in [-0.25, -0.2) is 0 Å². The lowest BCUT2D eigenvalue weighted by Gasteiger charge is -2.30. The maximum Gasteiger partial charge on any atom is 0.269 e. The first kappa shape index (κ1) is 14.3. The quantitative estimate of drug-likeness (QED) is 0.773. The number of nitrogens with zero attached hydrogens (tertiary/aromatic N) is 1. The lowest BCUT2D eigenvalue weighted by molar-refractivity contribution is -0.120. The van der Waals surface area contributed by atoms with Crippen molar-refractivity contribution in [3.8, 4) is 22.6 Å². The van der Waals surface area contributed by atoms with Crippen LogP contribution >= 0.6 is 0 Å². The topological polar surface area (TPSA) is 49.8 Å². The average molecular weight is 317 g/mol. The van der Waals surface area contributed by atoms with Crippen molar-refractivity contribution in [3.63, 3.8) is 0 Å². The van der Waals surface area contributed by atoms with E-state index in [0.717, 1.165) is 22.5 Å². The third kappa shape index (κ3) is 2.48. The van der Waals surface area contributed by atoms with E-state index >= 15 is 0 Å². The van der Waals surface area contributed by atoms with Crippen LogP contribution in [0.5, 0.6) is 11.5 Å². The van der Waals surface area contributed by atoms with Crippen LogP contribution in [-0.2, 0) is 4.79 Å². The first-order valence-electron chi connectivity index (χ1n) is 7.66. The van der Waals surface area contributed by atoms with Crippen LogP contribution in [0.25, 0.3) is 11.1 Å². The van der Waals surface area contributed by atoms with Gasteiger partial charge in [0.1, 0.15) is 11.5 Å². The van der Waals surface area contributed by atoms with E-state index in [-0.39, 0.29) is 18.3 Å². The van der Waals surface area contributed by atoms with Gasteiger partial charge in [-0.15, -0.1) is 0 Å². The summed E-state index contributed by atoms with van der Waals surface area (Å²) in [6, 6.07) is 22.3. The Morgan fingerprint density at radius 2 is 1.58 bits per heavy atom. The molecule has 4 heteroatoms. The second-order valence-electron chi connectivity index (χ2n) is 5.58. The fourth-order valence-electron chi connectivity index (χ4n) is 2.85. The minimum Gasteiger partial charge on any atom is -0.508 e. The zero-order valence-corrected chi connectivity index (χ0v) is 12.8. The summed E-state index contributed by atoms with van der Waals surface area (Å²) >= 11 is 0. The monoisotopic (exact) mass is 317 g/mol. The number of ether oxygens (including phenoxy) is 1. The lowest BCUT2D eigenvalue weighted by atomic mass is 10.0. The molecule has 3 aromatic carbocycles. The predicted octanol–water partition coefficient (Wildman–Crippen LogP) is 4.12. The van der Waals surface area contributed by atoms with Gasteiger partial charge in [0.15, 0.2) is 6.61 Å². The molecular weight excluding hydrogens is 302 g/mol. The number of amides is 1. The fourth-order valence-corrected chi connectivity index (χ4v) is 2.85. The van der Waals surface area contributed by atoms with Gasteiger partial charge in [0, 0.05) is 5.69 Å². The summed E-state index contributed by atoms with van der Waals surface area (Å²) in [5, 5.41) is 9.45. The highest BCUT2D eigenvalue weighted by atomic mass is 16.5. The van der Waals surface area contributed by atoms with Crippen LogP contribution in [0.2, 0.25) is 0 Å². The second kappa shape index (κ2) is 5.74. The molecule has 4 nitrogen and oxygen atoms in total. The van der Waals surface area contributed by atoms with Crippen LogP contribution in [0.15, 0.2) is 72.8 Å². The van der Waals surface area contributed by atoms with Gasteiger partial charge in [-0.05, 0) is 47.5 Å². The Morgan fingerprint density at radius 3 is 2.33 bits per heavy atom. The molecule has 0 aromatic heterocycles. The second-order valence-corrected chi connectivity index (χ2v) is 5.58. The van der Waals surface area contributed by atoms with Gasteiger partial charge < -0.3 is 9.84 Å². The first-order chi connectivity index (χ1) is 11.7. The Labute approximate surface area is 139 Å². The summed E-state index contributed by atoms with van der Waals surface area (Å²) in [6.07, 6.45) is 0. The van der Waals surface area contributed by atoms with E-state index < -0.39 is 0 Å². The van der Waals surface area contributed by atoms with Crippen LogP contribution in [0.4, 0.5) is 11.4 Å². The number of carbonyl (C=O) groups is 1. The van der Waals surface area contributed by atoms with Crippen molar-refractivity contribution in [1.29, 1.82) is 0 Å². The number of para-hydroxylation sites is 1. The number of hydrogen-bond donors (Lipinski definition) is 1. The summed E-state index contributed by atoms with van der Waals surface area (Å²) in [5.41, 5.74) is 3.45. The third-order valence-electron chi connectivity index (χ3n) is 4.02. The fraction of sp³-hybridized carbons (Fsp3) is 0.0500. The van der Waals surface area contributed by atoms with Crippen molar-refractivity contribution < 1.29 is 14.6 Å². The van der Waals surface area contributed by atoms with Gasteiger partial charge in [0.25, 0.3) is 5.91 Å². The number of anilines is 2. The first-order valence-corrected chi connectivity index (χ1v) is 7.66. The van der Waals surface area contributed by atoms with Crippen molar-refractivity contribution in [2.75, 3.05) is 11.5 Å². The smallest absolute Gasteiger partial charge is 0.269 e. The summed E-state index contributed by atoms with van der Waals surface area (Å²) < 4.78 is 5.57. The molecule has 24 heavy (non-hydrogen) atoms. The molecule has 0 unspecified atom stereocenters. The number of phenols is 1. The van der Waals surface area contributed by atoms with Crippen molar-refractivity contribution in [2.45, 2.75) is 0 Å². The molecule has 0 radical (unpaired) electrons. The highest BCUT2D eigenvalue weighted by Crippen LogP contribution is 2.39. The number of hydrogen-bond acceptors (Lipinski definition) is 3. The van der Waals surface area contributed by atoms with Crippen LogP contribution in [-0.4, -0.2) is 17.6 Å². The van der Waals surface area contributed by atoms with Gasteiger partial charge >= 0.3 is 0 Å². The number of rotatable bonds is 2. The van der Waals surface area contributed by atoms with Gasteiger partial charge in [0.2, 0.25) is 0 Å². The molecule has 1 aliphatic rings. The Balaban J connectivity index is 1.83. The maximum atomic E-state index is 12.4. The van der Waals surface area contributed by atoms with E-state index in [2.05, 4.69) is 0 Å². The highest BCUT2D eigenvalue weighted by Gasteiger charge is 2.27. The Hall–Kier alpha value is -3.27. The Kier molecular flexibility index (Phi) is 3.43. The summed E-state index contributed by atoms with van der Waals surface area (Å²) in [6.45, 7) is 0.0282. The van der Waals surface area contributed by atoms with E-state index in [4.69, 9.17) is 4.74 Å². The number of benzene rings is 3. The van der Waals surface area contributed by atoms with Gasteiger partial charge in [-0.2, -0.15) is 0 Å². The van der Waals surface area contributed by atoms with Crippen molar-refractivity contribution in [3.05, 3.63) is 72.8 Å². The van der Waals surface area contributed by atoms with Crippen LogP contribution in [0.1, 0.15) is 0 Å². The molecule has 0 bridgehead atoms. The maximum absolute atomic E-state index is 12.4. The number of fused-ring (bicyclic) bond motifs is 1. The lowest BCUT2D eigenvalue weighted by Crippen LogP contribution is -2.35. The molecule has 0 fully saturated rings. The van der Waals surface area contributed by atoms with E-state index in [1.54, 1.807) is 17.0 Å². The molecule has 1 heterocycles. The molecule has 0 saturated heterocycles. The number of phenolic OH excluding ortho intramolecular Hbond substituents is 1. The molecule has 0 aliphatic carbocycles. The molecule has 1 amide bonds. The standard InChI is InChI=1S/C20H15NO3/c22-17-9-6-14(7-10-17)15-8-11-19-18(12-15)21(20(23)13-24-19)16-4-2-1-3-5-16/h1-12,22H,13H2. The zero-order valence-electron chi connectivity index (χ0n) is 12.8. The Morgan fingerprint density at radius 1 is 0.875 bits per heavy atom. The molecule has 0 spiro atoms. The Bertz CT molecular complexity index is 889. The van der Waals surface area contributed by atoms with Crippen LogP contribution in [0, 0.1) is 0 Å². The molecule has 4 rings (SSSR count). The highest BCUT2D eigenvalue weighted by molar-refractivity contribution is 6.04. The van der Waals surface area contributed by atoms with E-state index in [0.29, 0.717) is 5.75 Å². The number of aromatic hydroxyl groups is 1. The minimum absolute atomic E-state index is 0.0282.